The van der Waals surface area contributed by atoms with Crippen LogP contribution < -0.4 is 5.56 Å². The van der Waals surface area contributed by atoms with Crippen molar-refractivity contribution in [3.05, 3.63) is 44.9 Å². The molecule has 1 rings (SSSR count). The fourth-order valence-corrected chi connectivity index (χ4v) is 1.31. The standard InChI is InChI=1S/C11H11ClN2O/c1-8(5-12)7-14-9(2)3-4-10(6-13)11(14)15/h3-5H,7H2,1-2H3/b8-5-. The van der Waals surface area contributed by atoms with Crippen LogP contribution >= 0.6 is 11.6 Å². The molecule has 0 fully saturated rings. The van der Waals surface area contributed by atoms with Gasteiger partial charge in [0.25, 0.3) is 5.56 Å². The van der Waals surface area contributed by atoms with E-state index in [2.05, 4.69) is 0 Å². The summed E-state index contributed by atoms with van der Waals surface area (Å²) in [5, 5.41) is 8.72. The molecule has 0 amide bonds. The first-order valence-electron chi connectivity index (χ1n) is 4.46. The molecule has 0 N–H and O–H groups in total. The number of hydrogen-bond acceptors (Lipinski definition) is 2. The number of aryl methyl sites for hydroxylation is 1. The van der Waals surface area contributed by atoms with Gasteiger partial charge in [0.05, 0.1) is 0 Å². The van der Waals surface area contributed by atoms with E-state index in [-0.39, 0.29) is 11.1 Å². The Labute approximate surface area is 93.2 Å². The maximum Gasteiger partial charge on any atom is 0.268 e. The van der Waals surface area contributed by atoms with Crippen LogP contribution in [0.3, 0.4) is 0 Å². The third-order valence-electron chi connectivity index (χ3n) is 2.11. The summed E-state index contributed by atoms with van der Waals surface area (Å²) in [6, 6.07) is 5.16. The zero-order valence-electron chi connectivity index (χ0n) is 8.62. The zero-order chi connectivity index (χ0) is 11.4. The van der Waals surface area contributed by atoms with Crippen molar-refractivity contribution in [2.75, 3.05) is 0 Å². The number of halogens is 1. The van der Waals surface area contributed by atoms with Crippen LogP contribution in [0.25, 0.3) is 0 Å². The average molecular weight is 223 g/mol. The van der Waals surface area contributed by atoms with Crippen molar-refractivity contribution in [1.82, 2.24) is 4.57 Å². The smallest absolute Gasteiger partial charge is 0.268 e. The van der Waals surface area contributed by atoms with E-state index in [1.54, 1.807) is 6.07 Å². The van der Waals surface area contributed by atoms with Crippen molar-refractivity contribution in [2.24, 2.45) is 0 Å². The molecule has 0 aliphatic rings. The lowest BCUT2D eigenvalue weighted by Crippen LogP contribution is -2.24. The van der Waals surface area contributed by atoms with Crippen molar-refractivity contribution in [3.63, 3.8) is 0 Å². The van der Waals surface area contributed by atoms with Crippen LogP contribution in [0.4, 0.5) is 0 Å². The average Bonchev–Trinajstić information content (AvgIpc) is 2.24. The Morgan fingerprint density at radius 1 is 1.67 bits per heavy atom. The Balaban J connectivity index is 3.29. The predicted octanol–water partition coefficient (Wildman–Crippen LogP) is 2.17. The number of nitrogens with zero attached hydrogens (tertiary/aromatic N) is 2. The van der Waals surface area contributed by atoms with E-state index in [1.165, 1.54) is 16.2 Å². The molecule has 0 spiro atoms. The van der Waals surface area contributed by atoms with Crippen LogP contribution in [0.2, 0.25) is 0 Å². The first kappa shape index (κ1) is 11.5. The van der Waals surface area contributed by atoms with Crippen molar-refractivity contribution in [3.8, 4) is 6.07 Å². The summed E-state index contributed by atoms with van der Waals surface area (Å²) in [6.07, 6.45) is 0. The lowest BCUT2D eigenvalue weighted by molar-refractivity contribution is 0.717. The minimum Gasteiger partial charge on any atom is -0.308 e. The van der Waals surface area contributed by atoms with Crippen LogP contribution in [0.5, 0.6) is 0 Å². The summed E-state index contributed by atoms with van der Waals surface area (Å²) >= 11 is 5.54. The van der Waals surface area contributed by atoms with Gasteiger partial charge in [-0.05, 0) is 31.6 Å². The highest BCUT2D eigenvalue weighted by atomic mass is 35.5. The molecule has 4 heteroatoms. The van der Waals surface area contributed by atoms with Crippen molar-refractivity contribution >= 4 is 11.6 Å². The van der Waals surface area contributed by atoms with Crippen LogP contribution in [0, 0.1) is 18.3 Å². The Morgan fingerprint density at radius 2 is 2.33 bits per heavy atom. The zero-order valence-corrected chi connectivity index (χ0v) is 9.38. The number of nitriles is 1. The molecule has 1 aromatic heterocycles. The maximum absolute atomic E-state index is 11.7. The third kappa shape index (κ3) is 2.48. The van der Waals surface area contributed by atoms with Crippen molar-refractivity contribution < 1.29 is 0 Å². The Hall–Kier alpha value is -1.53. The number of pyridine rings is 1. The summed E-state index contributed by atoms with van der Waals surface area (Å²) < 4.78 is 1.53. The highest BCUT2D eigenvalue weighted by molar-refractivity contribution is 6.25. The molecule has 0 bridgehead atoms. The van der Waals surface area contributed by atoms with Gasteiger partial charge in [0, 0.05) is 17.8 Å². The van der Waals surface area contributed by atoms with Gasteiger partial charge in [0.15, 0.2) is 0 Å². The van der Waals surface area contributed by atoms with Crippen LogP contribution in [-0.2, 0) is 6.54 Å². The third-order valence-corrected chi connectivity index (χ3v) is 2.48. The molecule has 0 unspecified atom stereocenters. The minimum atomic E-state index is -0.268. The molecule has 0 aliphatic carbocycles. The Bertz CT molecular complexity index is 494. The lowest BCUT2D eigenvalue weighted by atomic mass is 10.2. The first-order chi connectivity index (χ1) is 7.10. The van der Waals surface area contributed by atoms with Gasteiger partial charge >= 0.3 is 0 Å². The molecule has 0 saturated heterocycles. The molecule has 0 aliphatic heterocycles. The molecule has 3 nitrogen and oxygen atoms in total. The van der Waals surface area contributed by atoms with Crippen molar-refractivity contribution in [1.29, 1.82) is 5.26 Å². The van der Waals surface area contributed by atoms with Crippen molar-refractivity contribution in [2.45, 2.75) is 20.4 Å². The first-order valence-corrected chi connectivity index (χ1v) is 4.90. The number of rotatable bonds is 2. The molecule has 0 radical (unpaired) electrons. The predicted molar refractivity (Wildman–Crippen MR) is 59.8 cm³/mol. The highest BCUT2D eigenvalue weighted by Gasteiger charge is 2.05. The molecule has 0 saturated carbocycles. The summed E-state index contributed by atoms with van der Waals surface area (Å²) in [5.74, 6) is 0. The molecule has 0 aromatic carbocycles. The monoisotopic (exact) mass is 222 g/mol. The molecular formula is C11H11ClN2O. The second-order valence-corrected chi connectivity index (χ2v) is 3.57. The van der Waals surface area contributed by atoms with Crippen LogP contribution in [0.1, 0.15) is 18.2 Å². The van der Waals surface area contributed by atoms with E-state index in [0.717, 1.165) is 11.3 Å². The maximum atomic E-state index is 11.7. The minimum absolute atomic E-state index is 0.156. The highest BCUT2D eigenvalue weighted by Crippen LogP contribution is 2.03. The van der Waals surface area contributed by atoms with E-state index in [4.69, 9.17) is 16.9 Å². The quantitative estimate of drug-likeness (QED) is 0.770. The van der Waals surface area contributed by atoms with Gasteiger partial charge in [-0.25, -0.2) is 0 Å². The van der Waals surface area contributed by atoms with E-state index in [1.807, 2.05) is 19.9 Å². The van der Waals surface area contributed by atoms with Gasteiger partial charge in [0.2, 0.25) is 0 Å². The molecular weight excluding hydrogens is 212 g/mol. The number of hydrogen-bond donors (Lipinski definition) is 0. The summed E-state index contributed by atoms with van der Waals surface area (Å²) in [6.45, 7) is 4.08. The molecule has 78 valence electrons. The Morgan fingerprint density at radius 3 is 2.87 bits per heavy atom. The van der Waals surface area contributed by atoms with Gasteiger partial charge in [0.1, 0.15) is 11.6 Å². The van der Waals surface area contributed by atoms with Crippen LogP contribution in [0.15, 0.2) is 28.0 Å². The largest absolute Gasteiger partial charge is 0.308 e. The van der Waals surface area contributed by atoms with Gasteiger partial charge in [-0.3, -0.25) is 4.79 Å². The Kier molecular flexibility index (Phi) is 3.70. The van der Waals surface area contributed by atoms with Gasteiger partial charge < -0.3 is 4.57 Å². The topological polar surface area (TPSA) is 45.8 Å². The van der Waals surface area contributed by atoms with Crippen LogP contribution in [-0.4, -0.2) is 4.57 Å². The van der Waals surface area contributed by atoms with E-state index < -0.39 is 0 Å². The van der Waals surface area contributed by atoms with E-state index in [9.17, 15) is 4.79 Å². The van der Waals surface area contributed by atoms with Gasteiger partial charge in [-0.2, -0.15) is 5.26 Å². The van der Waals surface area contributed by atoms with Gasteiger partial charge in [-0.1, -0.05) is 11.6 Å². The van der Waals surface area contributed by atoms with E-state index >= 15 is 0 Å². The summed E-state index contributed by atoms with van der Waals surface area (Å²) in [5.41, 5.74) is 3.01. The SMILES string of the molecule is C/C(=C/Cl)Cn1c(C)ccc(C#N)c1=O. The normalized spacial score (nSPS) is 11.2. The lowest BCUT2D eigenvalue weighted by Gasteiger charge is -2.09. The molecule has 1 aromatic rings. The summed E-state index contributed by atoms with van der Waals surface area (Å²) in [4.78, 5) is 11.7. The summed E-state index contributed by atoms with van der Waals surface area (Å²) in [7, 11) is 0. The molecule has 0 atom stereocenters. The second kappa shape index (κ2) is 4.81. The molecule has 15 heavy (non-hydrogen) atoms. The number of allylic oxidation sites excluding steroid dienone is 1. The van der Waals surface area contributed by atoms with Gasteiger partial charge in [-0.15, -0.1) is 0 Å². The number of aromatic nitrogens is 1. The molecule has 1 heterocycles. The fourth-order valence-electron chi connectivity index (χ4n) is 1.24. The fraction of sp³-hybridized carbons (Fsp3) is 0.273. The second-order valence-electron chi connectivity index (χ2n) is 3.35. The van der Waals surface area contributed by atoms with E-state index in [0.29, 0.717) is 6.54 Å².